The number of rotatable bonds is 6. The first-order valence-electron chi connectivity index (χ1n) is 12.4. The molecular weight excluding hydrogens is 539 g/mol. The number of methoxy groups -OCH3 is 2. The molecule has 1 aliphatic heterocycles. The van der Waals surface area contributed by atoms with Crippen molar-refractivity contribution in [3.63, 3.8) is 0 Å². The minimum atomic E-state index is 0.344. The zero-order chi connectivity index (χ0) is 27.1. The first kappa shape index (κ1) is 25.4. The standard InChI is InChI=1S/C27H26Cl2N8O2/c1-35-10-12-36(13-11-35)17-6-4-16(5-7-17)26-33-30-15-37(26)27-18-8-9-19(31-25(18)32-34-27)22-23(28)20(38-2)14-21(39-3)24(22)29/h4-9,14-15H,10-13H2,1-3H3,(H,31,32,34). The van der Waals surface area contributed by atoms with Crippen LogP contribution in [0.15, 0.2) is 48.8 Å². The molecule has 3 aromatic heterocycles. The monoisotopic (exact) mass is 564 g/mol. The highest BCUT2D eigenvalue weighted by Gasteiger charge is 2.22. The van der Waals surface area contributed by atoms with Crippen LogP contribution in [0.5, 0.6) is 11.5 Å². The Morgan fingerprint density at radius 2 is 1.59 bits per heavy atom. The van der Waals surface area contributed by atoms with E-state index < -0.39 is 0 Å². The van der Waals surface area contributed by atoms with E-state index in [9.17, 15) is 0 Å². The fraction of sp³-hybridized carbons (Fsp3) is 0.259. The van der Waals surface area contributed by atoms with Crippen molar-refractivity contribution in [2.75, 3.05) is 52.3 Å². The van der Waals surface area contributed by atoms with Gasteiger partial charge in [-0.3, -0.25) is 9.67 Å². The van der Waals surface area contributed by atoms with E-state index in [1.165, 1.54) is 19.9 Å². The quantitative estimate of drug-likeness (QED) is 0.309. The average Bonchev–Trinajstić information content (AvgIpc) is 3.61. The Morgan fingerprint density at radius 1 is 0.897 bits per heavy atom. The van der Waals surface area contributed by atoms with Gasteiger partial charge in [0.15, 0.2) is 17.3 Å². The molecule has 1 fully saturated rings. The Balaban J connectivity index is 1.34. The van der Waals surface area contributed by atoms with Crippen LogP contribution in [0, 0.1) is 0 Å². The van der Waals surface area contributed by atoms with Crippen molar-refractivity contribution in [2.24, 2.45) is 0 Å². The summed E-state index contributed by atoms with van der Waals surface area (Å²) < 4.78 is 12.7. The summed E-state index contributed by atoms with van der Waals surface area (Å²) in [6.45, 7) is 4.14. The van der Waals surface area contributed by atoms with Crippen LogP contribution in [0.2, 0.25) is 10.0 Å². The van der Waals surface area contributed by atoms with Crippen LogP contribution in [-0.2, 0) is 0 Å². The number of aromatic amines is 1. The summed E-state index contributed by atoms with van der Waals surface area (Å²) in [5.74, 6) is 2.19. The van der Waals surface area contributed by atoms with Crippen molar-refractivity contribution in [1.82, 2.24) is 34.8 Å². The number of hydrogen-bond acceptors (Lipinski definition) is 8. The lowest BCUT2D eigenvalue weighted by Crippen LogP contribution is -2.44. The van der Waals surface area contributed by atoms with Gasteiger partial charge in [0.2, 0.25) is 0 Å². The SMILES string of the molecule is COc1cc(OC)c(Cl)c(-c2ccc3c(-n4cnnc4-c4ccc(N5CCN(C)CC5)cc4)n[nH]c3n2)c1Cl. The van der Waals surface area contributed by atoms with E-state index in [-0.39, 0.29) is 0 Å². The maximum Gasteiger partial charge on any atom is 0.171 e. The molecule has 0 aliphatic carbocycles. The Bertz CT molecular complexity index is 1610. The number of piperazine rings is 1. The molecule has 1 N–H and O–H groups in total. The number of nitrogens with zero attached hydrogens (tertiary/aromatic N) is 7. The molecular formula is C27H26Cl2N8O2. The van der Waals surface area contributed by atoms with Crippen LogP contribution in [0.25, 0.3) is 39.5 Å². The minimum Gasteiger partial charge on any atom is -0.495 e. The maximum atomic E-state index is 6.61. The largest absolute Gasteiger partial charge is 0.495 e. The molecule has 6 rings (SSSR count). The van der Waals surface area contributed by atoms with Crippen LogP contribution in [-0.4, -0.2) is 82.3 Å². The van der Waals surface area contributed by atoms with Gasteiger partial charge in [-0.1, -0.05) is 23.2 Å². The number of halogens is 2. The van der Waals surface area contributed by atoms with Gasteiger partial charge in [0.25, 0.3) is 0 Å². The average molecular weight is 565 g/mol. The molecule has 1 aliphatic rings. The molecule has 1 saturated heterocycles. The Morgan fingerprint density at radius 3 is 2.26 bits per heavy atom. The summed E-state index contributed by atoms with van der Waals surface area (Å²) in [6, 6.07) is 13.8. The first-order chi connectivity index (χ1) is 19.0. The second-order valence-electron chi connectivity index (χ2n) is 9.29. The van der Waals surface area contributed by atoms with Gasteiger partial charge in [-0.05, 0) is 43.4 Å². The second kappa shape index (κ2) is 10.4. The van der Waals surface area contributed by atoms with E-state index in [1.54, 1.807) is 12.4 Å². The van der Waals surface area contributed by atoms with Crippen LogP contribution in [0.1, 0.15) is 0 Å². The van der Waals surface area contributed by atoms with Gasteiger partial charge in [-0.25, -0.2) is 4.98 Å². The van der Waals surface area contributed by atoms with E-state index in [0.29, 0.717) is 50.1 Å². The number of fused-ring (bicyclic) bond motifs is 1. The minimum absolute atomic E-state index is 0.344. The summed E-state index contributed by atoms with van der Waals surface area (Å²) >= 11 is 13.2. The molecule has 10 nitrogen and oxygen atoms in total. The van der Waals surface area contributed by atoms with Crippen LogP contribution < -0.4 is 14.4 Å². The summed E-state index contributed by atoms with van der Waals surface area (Å²) in [5, 5.41) is 17.6. The third kappa shape index (κ3) is 4.54. The van der Waals surface area contributed by atoms with Crippen molar-refractivity contribution in [3.05, 3.63) is 58.8 Å². The van der Waals surface area contributed by atoms with Gasteiger partial charge in [0.1, 0.15) is 17.8 Å². The molecule has 0 unspecified atom stereocenters. The third-order valence-corrected chi connectivity index (χ3v) is 7.75. The van der Waals surface area contributed by atoms with E-state index in [0.717, 1.165) is 37.1 Å². The summed E-state index contributed by atoms with van der Waals surface area (Å²) in [4.78, 5) is 9.50. The van der Waals surface area contributed by atoms with Gasteiger partial charge >= 0.3 is 0 Å². The van der Waals surface area contributed by atoms with Crippen molar-refractivity contribution in [3.8, 4) is 40.0 Å². The lowest BCUT2D eigenvalue weighted by atomic mass is 10.1. The fourth-order valence-corrected chi connectivity index (χ4v) is 5.49. The number of anilines is 1. The molecule has 4 heterocycles. The molecule has 2 aromatic carbocycles. The number of pyridine rings is 1. The molecule has 0 bridgehead atoms. The van der Waals surface area contributed by atoms with Gasteiger partial charge in [-0.2, -0.15) is 5.10 Å². The highest BCUT2D eigenvalue weighted by molar-refractivity contribution is 6.41. The van der Waals surface area contributed by atoms with E-state index >= 15 is 0 Å². The van der Waals surface area contributed by atoms with Crippen molar-refractivity contribution < 1.29 is 9.47 Å². The molecule has 0 spiro atoms. The number of H-pyrrole nitrogens is 1. The van der Waals surface area contributed by atoms with Gasteiger partial charge in [-0.15, -0.1) is 10.2 Å². The summed E-state index contributed by atoms with van der Waals surface area (Å²) in [7, 11) is 5.22. The zero-order valence-electron chi connectivity index (χ0n) is 21.7. The molecule has 12 heteroatoms. The van der Waals surface area contributed by atoms with Crippen LogP contribution in [0.4, 0.5) is 5.69 Å². The van der Waals surface area contributed by atoms with Crippen LogP contribution >= 0.6 is 23.2 Å². The molecule has 200 valence electrons. The zero-order valence-corrected chi connectivity index (χ0v) is 23.2. The highest BCUT2D eigenvalue weighted by Crippen LogP contribution is 2.45. The number of hydrogen-bond donors (Lipinski definition) is 1. The van der Waals surface area contributed by atoms with E-state index in [2.05, 4.69) is 61.5 Å². The van der Waals surface area contributed by atoms with Crippen molar-refractivity contribution in [2.45, 2.75) is 0 Å². The summed E-state index contributed by atoms with van der Waals surface area (Å²) in [5.41, 5.74) is 3.76. The molecule has 39 heavy (non-hydrogen) atoms. The smallest absolute Gasteiger partial charge is 0.171 e. The number of nitrogens with one attached hydrogen (secondary N) is 1. The third-order valence-electron chi connectivity index (χ3n) is 7.00. The molecule has 0 amide bonds. The van der Waals surface area contributed by atoms with Gasteiger partial charge in [0.05, 0.1) is 35.3 Å². The topological polar surface area (TPSA) is 97.2 Å². The fourth-order valence-electron chi connectivity index (χ4n) is 4.80. The molecule has 0 saturated carbocycles. The summed E-state index contributed by atoms with van der Waals surface area (Å²) in [6.07, 6.45) is 1.65. The predicted molar refractivity (Wildman–Crippen MR) is 153 cm³/mol. The Kier molecular flexibility index (Phi) is 6.76. The molecule has 5 aromatic rings. The van der Waals surface area contributed by atoms with Crippen LogP contribution in [0.3, 0.4) is 0 Å². The number of likely N-dealkylation sites (N-methyl/N-ethyl adjacent to an activating group) is 1. The first-order valence-corrected chi connectivity index (χ1v) is 13.1. The predicted octanol–water partition coefficient (Wildman–Crippen LogP) is 4.95. The number of aromatic nitrogens is 6. The lowest BCUT2D eigenvalue weighted by Gasteiger charge is -2.34. The van der Waals surface area contributed by atoms with Crippen molar-refractivity contribution >= 4 is 39.9 Å². The Hall–Kier alpha value is -3.86. The lowest BCUT2D eigenvalue weighted by molar-refractivity contribution is 0.313. The highest BCUT2D eigenvalue weighted by atomic mass is 35.5. The number of benzene rings is 2. The normalized spacial score (nSPS) is 14.2. The second-order valence-corrected chi connectivity index (χ2v) is 10.0. The van der Waals surface area contributed by atoms with Crippen molar-refractivity contribution in [1.29, 1.82) is 0 Å². The maximum absolute atomic E-state index is 6.61. The molecule has 0 atom stereocenters. The van der Waals surface area contributed by atoms with E-state index in [4.69, 9.17) is 37.7 Å². The van der Waals surface area contributed by atoms with E-state index in [1.807, 2.05) is 16.7 Å². The van der Waals surface area contributed by atoms with Gasteiger partial charge in [0, 0.05) is 49.1 Å². The molecule has 0 radical (unpaired) electrons. The number of ether oxygens (including phenoxy) is 2. The Labute approximate surface area is 235 Å². The van der Waals surface area contributed by atoms with Gasteiger partial charge < -0.3 is 19.3 Å².